The number of aromatic nitrogens is 5. The lowest BCUT2D eigenvalue weighted by molar-refractivity contribution is -0.197. The van der Waals surface area contributed by atoms with Crippen molar-refractivity contribution in [3.63, 3.8) is 0 Å². The fourth-order valence-corrected chi connectivity index (χ4v) is 7.40. The third-order valence-electron chi connectivity index (χ3n) is 9.49. The Hall–Kier alpha value is -3.54. The normalized spacial score (nSPS) is 26.9. The summed E-state index contributed by atoms with van der Waals surface area (Å²) in [5, 5.41) is 7.92. The Kier molecular flexibility index (Phi) is 6.46. The van der Waals surface area contributed by atoms with Crippen LogP contribution in [-0.2, 0) is 25.4 Å². The van der Waals surface area contributed by atoms with Gasteiger partial charge in [-0.2, -0.15) is 0 Å². The molecule has 1 amide bonds. The van der Waals surface area contributed by atoms with Gasteiger partial charge in [0.15, 0.2) is 35.1 Å². The van der Waals surface area contributed by atoms with Gasteiger partial charge in [0, 0.05) is 35.2 Å². The van der Waals surface area contributed by atoms with E-state index in [1.54, 1.807) is 12.7 Å². The summed E-state index contributed by atoms with van der Waals surface area (Å²) in [5.74, 6) is -0.318. The number of imidazole rings is 1. The molecule has 4 aromatic rings. The smallest absolute Gasteiger partial charge is 0.252 e. The molecule has 4 fully saturated rings. The van der Waals surface area contributed by atoms with Crippen molar-refractivity contribution in [3.05, 3.63) is 48.2 Å². The number of benzene rings is 1. The number of hydrogen-bond donors (Lipinski definition) is 2. The molecule has 0 radical (unpaired) electrons. The lowest BCUT2D eigenvalue weighted by Gasteiger charge is -2.24. The summed E-state index contributed by atoms with van der Waals surface area (Å²) in [5.41, 5.74) is 5.35. The summed E-state index contributed by atoms with van der Waals surface area (Å²) in [4.78, 5) is 26.9. The molecule has 0 spiro atoms. The molecule has 5 heterocycles. The maximum Gasteiger partial charge on any atom is 0.252 e. The second kappa shape index (κ2) is 10.3. The van der Waals surface area contributed by atoms with Gasteiger partial charge in [0.25, 0.3) is 5.91 Å². The fraction of sp³-hybridized carbons (Fsp3) is 0.562. The van der Waals surface area contributed by atoms with Crippen molar-refractivity contribution in [2.45, 2.75) is 108 Å². The summed E-state index contributed by atoms with van der Waals surface area (Å²) in [7, 11) is 0. The number of carbonyl (C=O) groups excluding carboxylic acids is 1. The number of amides is 1. The van der Waals surface area contributed by atoms with Crippen LogP contribution in [0.25, 0.3) is 22.1 Å². The molecule has 1 aromatic carbocycles. The number of rotatable bonds is 8. The van der Waals surface area contributed by atoms with Crippen molar-refractivity contribution >= 4 is 33.8 Å². The van der Waals surface area contributed by atoms with E-state index in [4.69, 9.17) is 14.2 Å². The van der Waals surface area contributed by atoms with E-state index < -0.39 is 30.3 Å². The monoisotopic (exact) mass is 585 g/mol. The number of fused-ring (bicyclic) bond motifs is 3. The van der Waals surface area contributed by atoms with Crippen molar-refractivity contribution in [2.75, 3.05) is 11.9 Å². The van der Waals surface area contributed by atoms with Crippen LogP contribution in [0.5, 0.6) is 0 Å². The predicted octanol–water partition coefficient (Wildman–Crippen LogP) is 4.56. The largest absolute Gasteiger partial charge is 0.368 e. The first-order valence-corrected chi connectivity index (χ1v) is 15.7. The van der Waals surface area contributed by atoms with Gasteiger partial charge in [0.05, 0.1) is 6.33 Å². The Balaban J connectivity index is 1.04. The van der Waals surface area contributed by atoms with Gasteiger partial charge in [-0.15, -0.1) is 0 Å². The van der Waals surface area contributed by atoms with Gasteiger partial charge in [-0.05, 0) is 64.5 Å². The second-order valence-corrected chi connectivity index (χ2v) is 12.9. The second-order valence-electron chi connectivity index (χ2n) is 12.9. The van der Waals surface area contributed by atoms with Gasteiger partial charge >= 0.3 is 0 Å². The average molecular weight is 586 g/mol. The van der Waals surface area contributed by atoms with E-state index in [1.165, 1.54) is 47.8 Å². The van der Waals surface area contributed by atoms with Crippen molar-refractivity contribution in [1.82, 2.24) is 29.4 Å². The number of ether oxygens (including phenoxy) is 3. The minimum atomic E-state index is -0.827. The van der Waals surface area contributed by atoms with Crippen LogP contribution in [0.1, 0.15) is 75.9 Å². The van der Waals surface area contributed by atoms with E-state index in [0.717, 1.165) is 19.3 Å². The molecule has 226 valence electrons. The molecule has 8 rings (SSSR count). The third-order valence-corrected chi connectivity index (χ3v) is 9.49. The molecule has 43 heavy (non-hydrogen) atoms. The number of hydrogen-bond acceptors (Lipinski definition) is 8. The van der Waals surface area contributed by atoms with Gasteiger partial charge in [-0.25, -0.2) is 15.0 Å². The maximum atomic E-state index is 13.1. The fourth-order valence-electron chi connectivity index (χ4n) is 7.40. The molecule has 2 saturated heterocycles. The highest BCUT2D eigenvalue weighted by molar-refractivity contribution is 5.86. The summed E-state index contributed by atoms with van der Waals surface area (Å²) < 4.78 is 23.1. The molecule has 2 N–H and O–H groups in total. The van der Waals surface area contributed by atoms with Crippen molar-refractivity contribution in [2.24, 2.45) is 0 Å². The minimum Gasteiger partial charge on any atom is -0.368 e. The number of nitrogens with one attached hydrogen (secondary N) is 2. The van der Waals surface area contributed by atoms with Crippen LogP contribution in [0.3, 0.4) is 0 Å². The molecule has 4 atom stereocenters. The van der Waals surface area contributed by atoms with E-state index in [2.05, 4.69) is 61.3 Å². The molecular weight excluding hydrogens is 546 g/mol. The van der Waals surface area contributed by atoms with Gasteiger partial charge in [-0.1, -0.05) is 31.0 Å². The van der Waals surface area contributed by atoms with Crippen molar-refractivity contribution in [1.29, 1.82) is 0 Å². The zero-order valence-electron chi connectivity index (χ0n) is 25.0. The molecule has 4 aliphatic rings. The number of anilines is 1. The summed E-state index contributed by atoms with van der Waals surface area (Å²) in [6.07, 6.45) is 8.84. The summed E-state index contributed by atoms with van der Waals surface area (Å²) >= 11 is 0. The van der Waals surface area contributed by atoms with E-state index >= 15 is 0 Å². The minimum absolute atomic E-state index is 0.160. The van der Waals surface area contributed by atoms with Gasteiger partial charge in [-0.3, -0.25) is 9.36 Å². The Labute approximate surface area is 250 Å². The van der Waals surface area contributed by atoms with Crippen LogP contribution >= 0.6 is 0 Å². The molecule has 2 saturated carbocycles. The first-order valence-electron chi connectivity index (χ1n) is 15.7. The zero-order valence-corrected chi connectivity index (χ0v) is 25.0. The van der Waals surface area contributed by atoms with Crippen LogP contribution in [0, 0.1) is 6.92 Å². The topological polar surface area (TPSA) is 117 Å². The molecule has 3 aromatic heterocycles. The quantitative estimate of drug-likeness (QED) is 0.309. The van der Waals surface area contributed by atoms with Gasteiger partial charge < -0.3 is 29.4 Å². The summed E-state index contributed by atoms with van der Waals surface area (Å²) in [6.45, 7) is 6.70. The van der Waals surface area contributed by atoms with E-state index in [-0.39, 0.29) is 11.9 Å². The average Bonchev–Trinajstić information content (AvgIpc) is 3.38. The van der Waals surface area contributed by atoms with Crippen LogP contribution in [0.4, 0.5) is 5.82 Å². The Morgan fingerprint density at radius 3 is 2.65 bits per heavy atom. The molecule has 2 aliphatic heterocycles. The van der Waals surface area contributed by atoms with E-state index in [0.29, 0.717) is 29.6 Å². The maximum absolute atomic E-state index is 13.1. The number of nitrogens with zero attached hydrogens (tertiary/aromatic N) is 5. The van der Waals surface area contributed by atoms with Gasteiger partial charge in [0.1, 0.15) is 18.5 Å². The molecule has 11 nitrogen and oxygen atoms in total. The Bertz CT molecular complexity index is 1690. The van der Waals surface area contributed by atoms with Crippen LogP contribution < -0.4 is 10.6 Å². The van der Waals surface area contributed by atoms with E-state index in [9.17, 15) is 4.79 Å². The molecule has 11 heteroatoms. The first kappa shape index (κ1) is 27.0. The lowest BCUT2D eigenvalue weighted by Crippen LogP contribution is -2.43. The van der Waals surface area contributed by atoms with Gasteiger partial charge in [0.2, 0.25) is 0 Å². The predicted molar refractivity (Wildman–Crippen MR) is 161 cm³/mol. The van der Waals surface area contributed by atoms with E-state index in [1.807, 2.05) is 18.4 Å². The van der Waals surface area contributed by atoms with Crippen LogP contribution in [0.2, 0.25) is 0 Å². The van der Waals surface area contributed by atoms with Crippen LogP contribution in [0.15, 0.2) is 36.9 Å². The molecular formula is C32H39N7O4. The molecule has 0 bridgehead atoms. The van der Waals surface area contributed by atoms with Crippen LogP contribution in [-0.4, -0.2) is 66.7 Å². The number of carbonyl (C=O) groups is 1. The molecule has 2 aliphatic carbocycles. The lowest BCUT2D eigenvalue weighted by atomic mass is 10.1. The van der Waals surface area contributed by atoms with Crippen molar-refractivity contribution < 1.29 is 19.0 Å². The summed E-state index contributed by atoms with van der Waals surface area (Å²) in [6, 6.07) is 9.60. The molecule has 0 unspecified atom stereocenters. The highest BCUT2D eigenvalue weighted by Gasteiger charge is 2.58. The Morgan fingerprint density at radius 2 is 1.84 bits per heavy atom. The standard InChI is InChI=1S/C32H39N7O4/c1-18-21(22-10-6-7-11-23(22)39(18)20-8-4-5-9-20)14-15-33-28-24-29(35-16-34-28)38(17-36-24)31-27-25(42-32(2,3)43-27)26(41-31)30(40)37-19-12-13-19/h6-7,10-11,16-17,19-20,25-27,31H,4-5,8-9,12-15H2,1-3H3,(H,37,40)(H,33,34,35)/t25-,26+,27-,31-/m1/s1. The highest BCUT2D eigenvalue weighted by atomic mass is 16.8. The zero-order chi connectivity index (χ0) is 29.3. The van der Waals surface area contributed by atoms with Crippen molar-refractivity contribution in [3.8, 4) is 0 Å². The highest BCUT2D eigenvalue weighted by Crippen LogP contribution is 2.44. The first-order chi connectivity index (χ1) is 20.9. The Morgan fingerprint density at radius 1 is 1.05 bits per heavy atom. The third kappa shape index (κ3) is 4.69. The number of para-hydroxylation sites is 1. The SMILES string of the molecule is Cc1c(CCNc2ncnc3c2ncn3[C@@H]2O[C@H](C(=O)NC3CC3)[C@H]3OC(C)(C)O[C@H]32)c2ccccc2n1C1CCCC1.